The number of ether oxygens (including phenoxy) is 1. The highest BCUT2D eigenvalue weighted by Gasteiger charge is 2.30. The monoisotopic (exact) mass is 277 g/mol. The van der Waals surface area contributed by atoms with Gasteiger partial charge in [0, 0.05) is 13.7 Å². The average Bonchev–Trinajstić information content (AvgIpc) is 2.48. The summed E-state index contributed by atoms with van der Waals surface area (Å²) in [6.45, 7) is 0.304. The van der Waals surface area contributed by atoms with Crippen molar-refractivity contribution in [2.75, 3.05) is 13.7 Å². The molecule has 0 aliphatic heterocycles. The molecule has 0 heterocycles. The van der Waals surface area contributed by atoms with Crippen LogP contribution in [0.4, 0.5) is 0 Å². The Hall–Kier alpha value is -1.39. The summed E-state index contributed by atoms with van der Waals surface area (Å²) in [5.41, 5.74) is 0.0752. The van der Waals surface area contributed by atoms with Crippen LogP contribution < -0.4 is 5.32 Å². The Morgan fingerprint density at radius 2 is 1.95 bits per heavy atom. The van der Waals surface area contributed by atoms with Gasteiger partial charge in [0.1, 0.15) is 0 Å². The molecule has 1 atom stereocenters. The van der Waals surface area contributed by atoms with Gasteiger partial charge in [-0.15, -0.1) is 0 Å². The third-order valence-corrected chi connectivity index (χ3v) is 3.95. The fourth-order valence-electron chi connectivity index (χ4n) is 2.75. The summed E-state index contributed by atoms with van der Waals surface area (Å²) in [7, 11) is 1.52. The van der Waals surface area contributed by atoms with Gasteiger partial charge in [0.2, 0.25) is 0 Å². The van der Waals surface area contributed by atoms with Crippen molar-refractivity contribution in [3.05, 3.63) is 35.9 Å². The lowest BCUT2D eigenvalue weighted by Gasteiger charge is -2.32. The van der Waals surface area contributed by atoms with E-state index in [9.17, 15) is 9.90 Å². The number of nitrogens with one attached hydrogen (secondary N) is 1. The number of aliphatic hydroxyl groups is 1. The van der Waals surface area contributed by atoms with Gasteiger partial charge in [-0.25, -0.2) is 0 Å². The normalized spacial score (nSPS) is 19.3. The van der Waals surface area contributed by atoms with Gasteiger partial charge >= 0.3 is 0 Å². The van der Waals surface area contributed by atoms with E-state index in [1.54, 1.807) is 0 Å². The lowest BCUT2D eigenvalue weighted by Crippen LogP contribution is -2.45. The van der Waals surface area contributed by atoms with Crippen molar-refractivity contribution in [1.82, 2.24) is 5.32 Å². The Morgan fingerprint density at radius 3 is 2.55 bits per heavy atom. The minimum absolute atomic E-state index is 0.197. The zero-order valence-corrected chi connectivity index (χ0v) is 12.0. The molecule has 1 aliphatic rings. The summed E-state index contributed by atoms with van der Waals surface area (Å²) >= 11 is 0. The molecule has 2 rings (SSSR count). The van der Waals surface area contributed by atoms with Crippen LogP contribution in [0.25, 0.3) is 0 Å². The fourth-order valence-corrected chi connectivity index (χ4v) is 2.75. The number of hydrogen-bond acceptors (Lipinski definition) is 3. The molecule has 1 aromatic carbocycles. The summed E-state index contributed by atoms with van der Waals surface area (Å²) in [4.78, 5) is 12.2. The highest BCUT2D eigenvalue weighted by atomic mass is 16.5. The van der Waals surface area contributed by atoms with Gasteiger partial charge in [-0.3, -0.25) is 4.79 Å². The number of carbonyl (C=O) groups is 1. The largest absolute Gasteiger partial charge is 0.388 e. The second kappa shape index (κ2) is 6.86. The quantitative estimate of drug-likeness (QED) is 0.867. The first-order valence-corrected chi connectivity index (χ1v) is 7.22. The molecule has 4 nitrogen and oxygen atoms in total. The van der Waals surface area contributed by atoms with E-state index in [-0.39, 0.29) is 5.91 Å². The Bertz CT molecular complexity index is 427. The molecule has 0 spiro atoms. The molecule has 20 heavy (non-hydrogen) atoms. The van der Waals surface area contributed by atoms with Gasteiger partial charge in [-0.1, -0.05) is 49.6 Å². The number of amides is 1. The molecule has 1 fully saturated rings. The van der Waals surface area contributed by atoms with Crippen LogP contribution >= 0.6 is 0 Å². The van der Waals surface area contributed by atoms with Gasteiger partial charge in [-0.2, -0.15) is 0 Å². The molecule has 0 bridgehead atoms. The first-order chi connectivity index (χ1) is 9.64. The predicted molar refractivity (Wildman–Crippen MR) is 77.2 cm³/mol. The first kappa shape index (κ1) is 15.0. The molecule has 0 unspecified atom stereocenters. The molecule has 1 aliphatic carbocycles. The smallest absolute Gasteiger partial charge is 0.253 e. The molecule has 0 aromatic heterocycles. The third-order valence-electron chi connectivity index (χ3n) is 3.95. The molecule has 4 heteroatoms. The minimum atomic E-state index is -0.747. The van der Waals surface area contributed by atoms with E-state index in [2.05, 4.69) is 5.32 Å². The summed E-state index contributed by atoms with van der Waals surface area (Å²) in [5, 5.41) is 13.2. The van der Waals surface area contributed by atoms with Gasteiger partial charge in [-0.05, 0) is 18.4 Å². The Labute approximate surface area is 120 Å². The SMILES string of the molecule is CO[C@H](C(=O)NCC1(O)CCCCC1)c1ccccc1. The Morgan fingerprint density at radius 1 is 1.30 bits per heavy atom. The molecule has 0 saturated heterocycles. The van der Waals surface area contributed by atoms with E-state index in [0.717, 1.165) is 31.2 Å². The van der Waals surface area contributed by atoms with Crippen molar-refractivity contribution in [1.29, 1.82) is 0 Å². The Kier molecular flexibility index (Phi) is 5.15. The second-order valence-electron chi connectivity index (χ2n) is 5.53. The van der Waals surface area contributed by atoms with Crippen LogP contribution in [0.15, 0.2) is 30.3 Å². The van der Waals surface area contributed by atoms with E-state index in [1.165, 1.54) is 13.5 Å². The number of hydrogen-bond donors (Lipinski definition) is 2. The van der Waals surface area contributed by atoms with Gasteiger partial charge in [0.05, 0.1) is 5.60 Å². The molecule has 1 saturated carbocycles. The minimum Gasteiger partial charge on any atom is -0.388 e. The maximum Gasteiger partial charge on any atom is 0.253 e. The van der Waals surface area contributed by atoms with Crippen molar-refractivity contribution in [2.45, 2.75) is 43.8 Å². The van der Waals surface area contributed by atoms with Crippen molar-refractivity contribution in [3.8, 4) is 0 Å². The summed E-state index contributed by atoms with van der Waals surface area (Å²) in [6.07, 6.45) is 4.12. The number of rotatable bonds is 5. The third kappa shape index (κ3) is 3.81. The maximum atomic E-state index is 12.2. The van der Waals surface area contributed by atoms with E-state index in [0.29, 0.717) is 6.54 Å². The second-order valence-corrected chi connectivity index (χ2v) is 5.53. The van der Waals surface area contributed by atoms with Crippen LogP contribution in [0.2, 0.25) is 0 Å². The number of carbonyl (C=O) groups excluding carboxylic acids is 1. The van der Waals surface area contributed by atoms with E-state index >= 15 is 0 Å². The zero-order valence-electron chi connectivity index (χ0n) is 12.0. The molecule has 0 radical (unpaired) electrons. The van der Waals surface area contributed by atoms with Crippen LogP contribution in [0.3, 0.4) is 0 Å². The van der Waals surface area contributed by atoms with Crippen LogP contribution in [0.1, 0.15) is 43.8 Å². The molecule has 2 N–H and O–H groups in total. The summed E-state index contributed by atoms with van der Waals surface area (Å²) < 4.78 is 5.28. The highest BCUT2D eigenvalue weighted by Crippen LogP contribution is 2.27. The fraction of sp³-hybridized carbons (Fsp3) is 0.562. The predicted octanol–water partition coefficient (Wildman–Crippen LogP) is 2.19. The lowest BCUT2D eigenvalue weighted by atomic mass is 9.85. The first-order valence-electron chi connectivity index (χ1n) is 7.22. The van der Waals surface area contributed by atoms with Crippen molar-refractivity contribution in [3.63, 3.8) is 0 Å². The molecular formula is C16H23NO3. The van der Waals surface area contributed by atoms with Gasteiger partial charge < -0.3 is 15.2 Å². The number of benzene rings is 1. The van der Waals surface area contributed by atoms with Crippen molar-refractivity contribution >= 4 is 5.91 Å². The van der Waals surface area contributed by atoms with Crippen molar-refractivity contribution in [2.24, 2.45) is 0 Å². The standard InChI is InChI=1S/C16H23NO3/c1-20-14(13-8-4-2-5-9-13)15(18)17-12-16(19)10-6-3-7-11-16/h2,4-5,8-9,14,19H,3,6-7,10-12H2,1H3,(H,17,18)/t14-/m0/s1. The van der Waals surface area contributed by atoms with Crippen LogP contribution in [0, 0.1) is 0 Å². The molecule has 110 valence electrons. The van der Waals surface area contributed by atoms with E-state index in [1.807, 2.05) is 30.3 Å². The van der Waals surface area contributed by atoms with E-state index < -0.39 is 11.7 Å². The molecular weight excluding hydrogens is 254 g/mol. The average molecular weight is 277 g/mol. The maximum absolute atomic E-state index is 12.2. The topological polar surface area (TPSA) is 58.6 Å². The number of methoxy groups -OCH3 is 1. The lowest BCUT2D eigenvalue weighted by molar-refractivity contribution is -0.133. The molecule has 1 aromatic rings. The van der Waals surface area contributed by atoms with Crippen LogP contribution in [0.5, 0.6) is 0 Å². The zero-order chi connectivity index (χ0) is 14.4. The Balaban J connectivity index is 1.93. The van der Waals surface area contributed by atoms with Gasteiger partial charge in [0.25, 0.3) is 5.91 Å². The molecule has 1 amide bonds. The summed E-state index contributed by atoms with van der Waals surface area (Å²) in [5.74, 6) is -0.197. The van der Waals surface area contributed by atoms with E-state index in [4.69, 9.17) is 4.74 Å². The van der Waals surface area contributed by atoms with Gasteiger partial charge in [0.15, 0.2) is 6.10 Å². The highest BCUT2D eigenvalue weighted by molar-refractivity contribution is 5.82. The van der Waals surface area contributed by atoms with Crippen molar-refractivity contribution < 1.29 is 14.6 Å². The summed E-state index contributed by atoms with van der Waals surface area (Å²) in [6, 6.07) is 9.39. The van der Waals surface area contributed by atoms with Crippen LogP contribution in [-0.4, -0.2) is 30.3 Å². The van der Waals surface area contributed by atoms with Crippen LogP contribution in [-0.2, 0) is 9.53 Å².